The molecule has 1 fully saturated rings. The van der Waals surface area contributed by atoms with Gasteiger partial charge in [0, 0.05) is 18.3 Å². The van der Waals surface area contributed by atoms with E-state index in [0.717, 1.165) is 37.3 Å². The molecule has 1 aliphatic heterocycles. The van der Waals surface area contributed by atoms with Crippen molar-refractivity contribution >= 4 is 29.9 Å². The second-order valence-corrected chi connectivity index (χ2v) is 6.00. The van der Waals surface area contributed by atoms with E-state index in [1.54, 1.807) is 16.9 Å². The highest BCUT2D eigenvalue weighted by Crippen LogP contribution is 2.16. The Balaban J connectivity index is 0.00000225. The second kappa shape index (κ2) is 8.64. The van der Waals surface area contributed by atoms with Crippen LogP contribution < -0.4 is 16.4 Å². The molecule has 1 atom stereocenters. The van der Waals surface area contributed by atoms with Crippen molar-refractivity contribution in [2.45, 2.75) is 19.3 Å². The standard InChI is InChI=1S/C17H21N5O2.ClH/c18-17(24)15-8-10-22(21-15)14-4-2-13(3-5-14)20-16(23)6-1-12-7-9-19-11-12;/h2-5,8,10,12,19H,1,6-7,9,11H2,(H2,18,24)(H,20,23);1H. The number of amides is 2. The van der Waals surface area contributed by atoms with Gasteiger partial charge in [0.05, 0.1) is 5.69 Å². The Labute approximate surface area is 152 Å². The van der Waals surface area contributed by atoms with Crippen molar-refractivity contribution in [3.8, 4) is 5.69 Å². The lowest BCUT2D eigenvalue weighted by Gasteiger charge is -2.09. The molecular formula is C17H22ClN5O2. The normalized spacial score (nSPS) is 16.2. The summed E-state index contributed by atoms with van der Waals surface area (Å²) < 4.78 is 1.57. The fraction of sp³-hybridized carbons (Fsp3) is 0.353. The number of benzene rings is 1. The summed E-state index contributed by atoms with van der Waals surface area (Å²) in [6.45, 7) is 2.07. The first kappa shape index (κ1) is 19.0. The predicted molar refractivity (Wildman–Crippen MR) is 98.2 cm³/mol. The van der Waals surface area contributed by atoms with Crippen LogP contribution >= 0.6 is 12.4 Å². The van der Waals surface area contributed by atoms with Crippen LogP contribution in [0.5, 0.6) is 0 Å². The van der Waals surface area contributed by atoms with E-state index in [-0.39, 0.29) is 24.0 Å². The molecule has 3 rings (SSSR count). The van der Waals surface area contributed by atoms with Gasteiger partial charge in [-0.3, -0.25) is 9.59 Å². The molecule has 2 heterocycles. The molecule has 1 aliphatic rings. The van der Waals surface area contributed by atoms with Crippen molar-refractivity contribution in [1.82, 2.24) is 15.1 Å². The van der Waals surface area contributed by atoms with Crippen molar-refractivity contribution in [2.75, 3.05) is 18.4 Å². The van der Waals surface area contributed by atoms with Gasteiger partial charge in [0.2, 0.25) is 5.91 Å². The maximum absolute atomic E-state index is 12.0. The molecule has 0 aliphatic carbocycles. The summed E-state index contributed by atoms with van der Waals surface area (Å²) in [6.07, 6.45) is 4.28. The van der Waals surface area contributed by atoms with E-state index < -0.39 is 5.91 Å². The van der Waals surface area contributed by atoms with Gasteiger partial charge < -0.3 is 16.4 Å². The minimum atomic E-state index is -0.560. The quantitative estimate of drug-likeness (QED) is 0.727. The van der Waals surface area contributed by atoms with Crippen molar-refractivity contribution < 1.29 is 9.59 Å². The Bertz CT molecular complexity index is 723. The van der Waals surface area contributed by atoms with Crippen LogP contribution in [0.15, 0.2) is 36.5 Å². The van der Waals surface area contributed by atoms with Gasteiger partial charge in [0.1, 0.15) is 5.69 Å². The third-order valence-electron chi connectivity index (χ3n) is 4.20. The number of primary amides is 1. The number of hydrogen-bond donors (Lipinski definition) is 3. The zero-order valence-electron chi connectivity index (χ0n) is 13.8. The van der Waals surface area contributed by atoms with Gasteiger partial charge >= 0.3 is 0 Å². The van der Waals surface area contributed by atoms with Crippen LogP contribution in [0.3, 0.4) is 0 Å². The molecule has 2 amide bonds. The third kappa shape index (κ3) is 5.04. The average molecular weight is 364 g/mol. The van der Waals surface area contributed by atoms with E-state index in [1.165, 1.54) is 0 Å². The third-order valence-corrected chi connectivity index (χ3v) is 4.20. The summed E-state index contributed by atoms with van der Waals surface area (Å²) in [5.41, 5.74) is 6.94. The van der Waals surface area contributed by atoms with Crippen LogP contribution in [0, 0.1) is 5.92 Å². The lowest BCUT2D eigenvalue weighted by atomic mass is 10.0. The highest BCUT2D eigenvalue weighted by molar-refractivity contribution is 5.91. The molecule has 7 nitrogen and oxygen atoms in total. The van der Waals surface area contributed by atoms with Gasteiger partial charge in [0.25, 0.3) is 5.91 Å². The molecule has 0 saturated carbocycles. The maximum atomic E-state index is 12.0. The zero-order valence-corrected chi connectivity index (χ0v) is 14.6. The van der Waals surface area contributed by atoms with E-state index in [0.29, 0.717) is 12.3 Å². The van der Waals surface area contributed by atoms with E-state index in [2.05, 4.69) is 15.7 Å². The van der Waals surface area contributed by atoms with Gasteiger partial charge in [-0.15, -0.1) is 12.4 Å². The molecule has 0 radical (unpaired) electrons. The first-order valence-corrected chi connectivity index (χ1v) is 8.08. The summed E-state index contributed by atoms with van der Waals surface area (Å²) in [4.78, 5) is 23.1. The van der Waals surface area contributed by atoms with Crippen LogP contribution in [0.1, 0.15) is 29.8 Å². The number of hydrogen-bond acceptors (Lipinski definition) is 4. The largest absolute Gasteiger partial charge is 0.364 e. The molecule has 0 spiro atoms. The van der Waals surface area contributed by atoms with Crippen molar-refractivity contribution in [1.29, 1.82) is 0 Å². The molecule has 1 aromatic heterocycles. The number of carbonyl (C=O) groups is 2. The fourth-order valence-electron chi connectivity index (χ4n) is 2.82. The number of halogens is 1. The molecule has 25 heavy (non-hydrogen) atoms. The highest BCUT2D eigenvalue weighted by atomic mass is 35.5. The van der Waals surface area contributed by atoms with Gasteiger partial charge in [0.15, 0.2) is 0 Å². The summed E-state index contributed by atoms with van der Waals surface area (Å²) >= 11 is 0. The lowest BCUT2D eigenvalue weighted by molar-refractivity contribution is -0.116. The van der Waals surface area contributed by atoms with E-state index in [4.69, 9.17) is 5.73 Å². The van der Waals surface area contributed by atoms with Crippen LogP contribution in [0.4, 0.5) is 5.69 Å². The number of nitrogens with one attached hydrogen (secondary N) is 2. The first-order chi connectivity index (χ1) is 11.6. The number of nitrogens with two attached hydrogens (primary N) is 1. The molecule has 134 valence electrons. The monoisotopic (exact) mass is 363 g/mol. The van der Waals surface area contributed by atoms with Gasteiger partial charge in [-0.25, -0.2) is 4.68 Å². The second-order valence-electron chi connectivity index (χ2n) is 6.00. The Kier molecular flexibility index (Phi) is 6.55. The number of carbonyl (C=O) groups excluding carboxylic acids is 2. The number of rotatable bonds is 6. The minimum Gasteiger partial charge on any atom is -0.364 e. The summed E-state index contributed by atoms with van der Waals surface area (Å²) in [7, 11) is 0. The van der Waals surface area contributed by atoms with Crippen LogP contribution in [-0.4, -0.2) is 34.7 Å². The summed E-state index contributed by atoms with van der Waals surface area (Å²) in [5, 5.41) is 10.3. The summed E-state index contributed by atoms with van der Waals surface area (Å²) in [5.74, 6) is 0.0808. The minimum absolute atomic E-state index is 0. The zero-order chi connectivity index (χ0) is 16.9. The molecule has 8 heteroatoms. The Morgan fingerprint density at radius 2 is 2.04 bits per heavy atom. The van der Waals surface area contributed by atoms with Gasteiger partial charge in [-0.2, -0.15) is 5.10 Å². The lowest BCUT2D eigenvalue weighted by Crippen LogP contribution is -2.15. The maximum Gasteiger partial charge on any atom is 0.269 e. The van der Waals surface area contributed by atoms with Crippen LogP contribution in [0.2, 0.25) is 0 Å². The number of anilines is 1. The Hall–Kier alpha value is -2.38. The van der Waals surface area contributed by atoms with Crippen LogP contribution in [-0.2, 0) is 4.79 Å². The molecule has 4 N–H and O–H groups in total. The predicted octanol–water partition coefficient (Wildman–Crippen LogP) is 1.72. The van der Waals surface area contributed by atoms with E-state index >= 15 is 0 Å². The molecule has 1 unspecified atom stereocenters. The number of aromatic nitrogens is 2. The van der Waals surface area contributed by atoms with Gasteiger partial charge in [-0.05, 0) is 62.2 Å². The molecule has 0 bridgehead atoms. The SMILES string of the molecule is Cl.NC(=O)c1ccn(-c2ccc(NC(=O)CCC3CCNC3)cc2)n1. The Morgan fingerprint density at radius 1 is 1.28 bits per heavy atom. The molecule has 1 saturated heterocycles. The van der Waals surface area contributed by atoms with Crippen molar-refractivity contribution in [2.24, 2.45) is 11.7 Å². The fourth-order valence-corrected chi connectivity index (χ4v) is 2.82. The van der Waals surface area contributed by atoms with Crippen molar-refractivity contribution in [3.05, 3.63) is 42.2 Å². The number of nitrogens with zero attached hydrogens (tertiary/aromatic N) is 2. The van der Waals surface area contributed by atoms with Crippen molar-refractivity contribution in [3.63, 3.8) is 0 Å². The average Bonchev–Trinajstić information content (AvgIpc) is 3.25. The molecule has 2 aromatic rings. The van der Waals surface area contributed by atoms with E-state index in [9.17, 15) is 9.59 Å². The van der Waals surface area contributed by atoms with Crippen LogP contribution in [0.25, 0.3) is 5.69 Å². The van der Waals surface area contributed by atoms with E-state index in [1.807, 2.05) is 24.3 Å². The topological polar surface area (TPSA) is 102 Å². The first-order valence-electron chi connectivity index (χ1n) is 8.08. The Morgan fingerprint density at radius 3 is 2.64 bits per heavy atom. The van der Waals surface area contributed by atoms with Gasteiger partial charge in [-0.1, -0.05) is 0 Å². The highest BCUT2D eigenvalue weighted by Gasteiger charge is 2.15. The smallest absolute Gasteiger partial charge is 0.269 e. The molecule has 1 aromatic carbocycles. The summed E-state index contributed by atoms with van der Waals surface area (Å²) in [6, 6.07) is 8.85. The molecular weight excluding hydrogens is 342 g/mol.